The minimum Gasteiger partial charge on any atom is -0.276 e. The van der Waals surface area contributed by atoms with Crippen LogP contribution >= 0.6 is 23.2 Å². The van der Waals surface area contributed by atoms with Crippen molar-refractivity contribution in [3.8, 4) is 0 Å². The van der Waals surface area contributed by atoms with Crippen LogP contribution < -0.4 is 0 Å². The molecule has 1 rings (SSSR count). The highest BCUT2D eigenvalue weighted by atomic mass is 35.5. The van der Waals surface area contributed by atoms with Gasteiger partial charge < -0.3 is 0 Å². The van der Waals surface area contributed by atoms with Crippen LogP contribution in [0.25, 0.3) is 6.08 Å². The fraction of sp³-hybridized carbons (Fsp3) is 0.182. The first-order valence-electron chi connectivity index (χ1n) is 4.29. The molecule has 0 amide bonds. The van der Waals surface area contributed by atoms with Gasteiger partial charge in [-0.25, -0.2) is 0 Å². The monoisotopic (exact) mass is 228 g/mol. The summed E-state index contributed by atoms with van der Waals surface area (Å²) < 4.78 is 0. The molecule has 1 nitrogen and oxygen atoms in total. The van der Waals surface area contributed by atoms with Gasteiger partial charge in [0.2, 0.25) is 5.24 Å². The Bertz CT molecular complexity index is 370. The van der Waals surface area contributed by atoms with E-state index in [0.717, 1.165) is 22.6 Å². The van der Waals surface area contributed by atoms with Crippen molar-refractivity contribution in [2.75, 3.05) is 0 Å². The minimum atomic E-state index is -0.485. The molecule has 0 atom stereocenters. The Morgan fingerprint density at radius 3 is 2.71 bits per heavy atom. The highest BCUT2D eigenvalue weighted by molar-refractivity contribution is 6.66. The van der Waals surface area contributed by atoms with Gasteiger partial charge in [0.25, 0.3) is 0 Å². The third kappa shape index (κ3) is 3.17. The lowest BCUT2D eigenvalue weighted by atomic mass is 10.1. The van der Waals surface area contributed by atoms with Gasteiger partial charge in [0, 0.05) is 5.02 Å². The third-order valence-corrected chi connectivity index (χ3v) is 2.34. The second kappa shape index (κ2) is 5.18. The molecule has 0 aliphatic carbocycles. The minimum absolute atomic E-state index is 0.485. The van der Waals surface area contributed by atoms with Crippen molar-refractivity contribution in [3.05, 3.63) is 40.4 Å². The van der Waals surface area contributed by atoms with E-state index in [1.54, 1.807) is 6.08 Å². The summed E-state index contributed by atoms with van der Waals surface area (Å²) in [4.78, 5) is 10.5. The van der Waals surface area contributed by atoms with Crippen molar-refractivity contribution in [1.29, 1.82) is 0 Å². The molecular weight excluding hydrogens is 219 g/mol. The van der Waals surface area contributed by atoms with Crippen LogP contribution in [0.3, 0.4) is 0 Å². The van der Waals surface area contributed by atoms with E-state index in [4.69, 9.17) is 23.2 Å². The number of hydrogen-bond donors (Lipinski definition) is 0. The second-order valence-electron chi connectivity index (χ2n) is 2.84. The molecule has 0 N–H and O–H groups in total. The number of aryl methyl sites for hydroxylation is 1. The summed E-state index contributed by atoms with van der Waals surface area (Å²) in [6, 6.07) is 5.67. The summed E-state index contributed by atoms with van der Waals surface area (Å²) >= 11 is 11.2. The van der Waals surface area contributed by atoms with Crippen LogP contribution in [0.15, 0.2) is 24.3 Å². The maximum atomic E-state index is 10.5. The van der Waals surface area contributed by atoms with Gasteiger partial charge in [-0.05, 0) is 41.3 Å². The topological polar surface area (TPSA) is 17.1 Å². The molecule has 1 aromatic rings. The normalized spacial score (nSPS) is 10.8. The first kappa shape index (κ1) is 11.3. The molecule has 0 radical (unpaired) electrons. The average molecular weight is 229 g/mol. The van der Waals surface area contributed by atoms with Crippen LogP contribution in [0.2, 0.25) is 5.02 Å². The molecular formula is C11H10Cl2O. The van der Waals surface area contributed by atoms with Crippen LogP contribution in [0.4, 0.5) is 0 Å². The maximum Gasteiger partial charge on any atom is 0.245 e. The number of carbonyl (C=O) groups excluding carboxylic acids is 1. The van der Waals surface area contributed by atoms with E-state index in [1.807, 2.05) is 25.1 Å². The van der Waals surface area contributed by atoms with Gasteiger partial charge in [-0.3, -0.25) is 4.79 Å². The number of benzene rings is 1. The number of carbonyl (C=O) groups is 1. The molecule has 0 bridgehead atoms. The highest BCUT2D eigenvalue weighted by Crippen LogP contribution is 2.19. The van der Waals surface area contributed by atoms with E-state index in [9.17, 15) is 4.79 Å². The SMILES string of the molecule is CCc1ccc(C=CC(=O)Cl)cc1Cl. The molecule has 3 heteroatoms. The lowest BCUT2D eigenvalue weighted by Gasteiger charge is -2.01. The van der Waals surface area contributed by atoms with E-state index in [2.05, 4.69) is 0 Å². The highest BCUT2D eigenvalue weighted by Gasteiger charge is 1.97. The van der Waals surface area contributed by atoms with Gasteiger partial charge in [0.1, 0.15) is 0 Å². The van der Waals surface area contributed by atoms with Gasteiger partial charge in [-0.2, -0.15) is 0 Å². The molecule has 14 heavy (non-hydrogen) atoms. The van der Waals surface area contributed by atoms with Gasteiger partial charge in [-0.15, -0.1) is 0 Å². The van der Waals surface area contributed by atoms with Gasteiger partial charge in [0.05, 0.1) is 0 Å². The number of halogens is 2. The van der Waals surface area contributed by atoms with Crippen molar-refractivity contribution in [2.24, 2.45) is 0 Å². The predicted molar refractivity (Wildman–Crippen MR) is 60.7 cm³/mol. The lowest BCUT2D eigenvalue weighted by molar-refractivity contribution is -0.107. The van der Waals surface area contributed by atoms with E-state index in [1.165, 1.54) is 6.08 Å². The van der Waals surface area contributed by atoms with Crippen LogP contribution in [-0.4, -0.2) is 5.24 Å². The van der Waals surface area contributed by atoms with Crippen LogP contribution in [-0.2, 0) is 11.2 Å². The van der Waals surface area contributed by atoms with Gasteiger partial charge in [0.15, 0.2) is 0 Å². The molecule has 0 aliphatic rings. The van der Waals surface area contributed by atoms with Gasteiger partial charge in [-0.1, -0.05) is 36.7 Å². The Hall–Kier alpha value is -0.790. The van der Waals surface area contributed by atoms with Crippen molar-refractivity contribution >= 4 is 34.5 Å². The van der Waals surface area contributed by atoms with Crippen molar-refractivity contribution < 1.29 is 4.79 Å². The molecule has 0 saturated carbocycles. The maximum absolute atomic E-state index is 10.5. The molecule has 0 aromatic heterocycles. The number of hydrogen-bond acceptors (Lipinski definition) is 1. The Labute approximate surface area is 93.3 Å². The van der Waals surface area contributed by atoms with Crippen molar-refractivity contribution in [3.63, 3.8) is 0 Å². The third-order valence-electron chi connectivity index (χ3n) is 1.86. The zero-order chi connectivity index (χ0) is 10.6. The summed E-state index contributed by atoms with van der Waals surface area (Å²) in [6.45, 7) is 2.04. The number of rotatable bonds is 3. The summed E-state index contributed by atoms with van der Waals surface area (Å²) in [5.41, 5.74) is 1.97. The molecule has 0 spiro atoms. The molecule has 0 saturated heterocycles. The Morgan fingerprint density at radius 1 is 1.50 bits per heavy atom. The Morgan fingerprint density at radius 2 is 2.21 bits per heavy atom. The summed E-state index contributed by atoms with van der Waals surface area (Å²) in [5, 5.41) is 0.234. The fourth-order valence-electron chi connectivity index (χ4n) is 1.12. The summed E-state index contributed by atoms with van der Waals surface area (Å²) in [7, 11) is 0. The molecule has 0 aliphatic heterocycles. The van der Waals surface area contributed by atoms with E-state index < -0.39 is 5.24 Å². The zero-order valence-corrected chi connectivity index (χ0v) is 9.27. The van der Waals surface area contributed by atoms with Crippen molar-refractivity contribution in [2.45, 2.75) is 13.3 Å². The first-order chi connectivity index (χ1) is 6.63. The van der Waals surface area contributed by atoms with E-state index in [0.29, 0.717) is 0 Å². The smallest absolute Gasteiger partial charge is 0.245 e. The van der Waals surface area contributed by atoms with Crippen LogP contribution in [0.1, 0.15) is 18.1 Å². The Kier molecular flexibility index (Phi) is 4.18. The second-order valence-corrected chi connectivity index (χ2v) is 3.62. The zero-order valence-electron chi connectivity index (χ0n) is 7.76. The predicted octanol–water partition coefficient (Wildman–Crippen LogP) is 3.68. The van der Waals surface area contributed by atoms with E-state index >= 15 is 0 Å². The number of allylic oxidation sites excluding steroid dienone is 1. The standard InChI is InChI=1S/C11H10Cl2O/c1-2-9-5-3-8(7-10(9)12)4-6-11(13)14/h3-7H,2H2,1H3. The van der Waals surface area contributed by atoms with Crippen molar-refractivity contribution in [1.82, 2.24) is 0 Å². The Balaban J connectivity index is 2.91. The molecule has 0 heterocycles. The molecule has 1 aromatic carbocycles. The lowest BCUT2D eigenvalue weighted by Crippen LogP contribution is -1.83. The molecule has 74 valence electrons. The molecule has 0 fully saturated rings. The fourth-order valence-corrected chi connectivity index (χ4v) is 1.50. The van der Waals surface area contributed by atoms with E-state index in [-0.39, 0.29) is 0 Å². The quantitative estimate of drug-likeness (QED) is 0.570. The van der Waals surface area contributed by atoms with Gasteiger partial charge >= 0.3 is 0 Å². The largest absolute Gasteiger partial charge is 0.276 e. The summed E-state index contributed by atoms with van der Waals surface area (Å²) in [5.74, 6) is 0. The first-order valence-corrected chi connectivity index (χ1v) is 5.05. The summed E-state index contributed by atoms with van der Waals surface area (Å²) in [6.07, 6.45) is 3.84. The average Bonchev–Trinajstić information content (AvgIpc) is 2.15. The molecule has 0 unspecified atom stereocenters. The van der Waals surface area contributed by atoms with Crippen LogP contribution in [0, 0.1) is 0 Å². The van der Waals surface area contributed by atoms with Crippen LogP contribution in [0.5, 0.6) is 0 Å².